The monoisotopic (exact) mass is 563 g/mol. The smallest absolute Gasteiger partial charge is 0.251 e. The fraction of sp³-hybridized carbons (Fsp3) is 0.433. The minimum Gasteiger partial charge on any atom is -0.494 e. The molecule has 2 unspecified atom stereocenters. The van der Waals surface area contributed by atoms with E-state index < -0.39 is 0 Å². The summed E-state index contributed by atoms with van der Waals surface area (Å²) in [5, 5.41) is 15.1. The number of aromatic amines is 1. The van der Waals surface area contributed by atoms with Crippen molar-refractivity contribution in [2.24, 2.45) is 5.73 Å². The minimum atomic E-state index is -0.186. The molecule has 6 rings (SSSR count). The van der Waals surface area contributed by atoms with Gasteiger partial charge in [-0.05, 0) is 56.0 Å². The van der Waals surface area contributed by atoms with Crippen molar-refractivity contribution in [1.29, 1.82) is 0 Å². The number of H-pyrrole nitrogens is 1. The van der Waals surface area contributed by atoms with Crippen LogP contribution in [0.1, 0.15) is 36.0 Å². The summed E-state index contributed by atoms with van der Waals surface area (Å²) in [6.45, 7) is 3.75. The first-order valence-electron chi connectivity index (χ1n) is 14.0. The fourth-order valence-electron chi connectivity index (χ4n) is 5.07. The van der Waals surface area contributed by atoms with Crippen LogP contribution >= 0.6 is 0 Å². The van der Waals surface area contributed by atoms with Gasteiger partial charge in [-0.3, -0.25) is 4.79 Å². The van der Waals surface area contributed by atoms with E-state index in [9.17, 15) is 9.90 Å². The molecule has 2 aromatic carbocycles. The lowest BCUT2D eigenvalue weighted by Crippen LogP contribution is -2.31. The van der Waals surface area contributed by atoms with E-state index in [1.807, 2.05) is 18.2 Å². The highest BCUT2D eigenvalue weighted by atomic mass is 16.5. The molecule has 0 spiro atoms. The molecule has 11 nitrogen and oxygen atoms in total. The Bertz CT molecular complexity index is 1460. The lowest BCUT2D eigenvalue weighted by molar-refractivity contribution is 0.0858. The van der Waals surface area contributed by atoms with Crippen LogP contribution in [0.2, 0.25) is 0 Å². The Morgan fingerprint density at radius 3 is 2.59 bits per heavy atom. The normalized spacial score (nSPS) is 18.4. The molecule has 2 aliphatic rings. The number of aromatic nitrogens is 3. The van der Waals surface area contributed by atoms with Crippen LogP contribution in [-0.4, -0.2) is 84.8 Å². The number of carbonyl (C=O) groups excluding carboxylic acids is 1. The Kier molecular flexibility index (Phi) is 9.63. The molecule has 0 bridgehead atoms. The second-order valence-corrected chi connectivity index (χ2v) is 10.1. The van der Waals surface area contributed by atoms with Gasteiger partial charge >= 0.3 is 0 Å². The van der Waals surface area contributed by atoms with Crippen molar-refractivity contribution >= 4 is 27.7 Å². The molecular formula is C30H37N5O6. The molecule has 2 atom stereocenters. The zero-order chi connectivity index (χ0) is 28.6. The van der Waals surface area contributed by atoms with Crippen molar-refractivity contribution < 1.29 is 28.8 Å². The second kappa shape index (κ2) is 13.7. The van der Waals surface area contributed by atoms with Gasteiger partial charge in [0.15, 0.2) is 5.88 Å². The van der Waals surface area contributed by atoms with Crippen LogP contribution in [0.5, 0.6) is 11.6 Å². The average molecular weight is 564 g/mol. The number of hydrogen-bond donors (Lipinski definition) is 4. The van der Waals surface area contributed by atoms with Gasteiger partial charge in [0.1, 0.15) is 18.7 Å². The highest BCUT2D eigenvalue weighted by Gasteiger charge is 2.20. The summed E-state index contributed by atoms with van der Waals surface area (Å²) in [7, 11) is 1.62. The predicted molar refractivity (Wildman–Crippen MR) is 155 cm³/mol. The van der Waals surface area contributed by atoms with Gasteiger partial charge in [-0.25, -0.2) is 9.97 Å². The van der Waals surface area contributed by atoms with E-state index in [4.69, 9.17) is 24.7 Å². The summed E-state index contributed by atoms with van der Waals surface area (Å²) in [5.74, 6) is 0.462. The first kappa shape index (κ1) is 28.7. The third kappa shape index (κ3) is 6.94. The maximum absolute atomic E-state index is 12.8. The zero-order valence-electron chi connectivity index (χ0n) is 23.2. The topological polar surface area (TPSA) is 154 Å². The zero-order valence-corrected chi connectivity index (χ0v) is 23.2. The third-order valence-electron chi connectivity index (χ3n) is 7.24. The van der Waals surface area contributed by atoms with Crippen LogP contribution < -0.4 is 15.8 Å². The van der Waals surface area contributed by atoms with E-state index in [1.54, 1.807) is 25.3 Å². The van der Waals surface area contributed by atoms with Crippen LogP contribution in [0.25, 0.3) is 33.1 Å². The van der Waals surface area contributed by atoms with Crippen LogP contribution in [0.4, 0.5) is 0 Å². The van der Waals surface area contributed by atoms with Crippen LogP contribution in [0.3, 0.4) is 0 Å². The number of benzene rings is 2. The molecule has 2 aromatic heterocycles. The number of nitrogens with zero attached hydrogens (tertiary/aromatic N) is 2. The maximum Gasteiger partial charge on any atom is 0.251 e. The Morgan fingerprint density at radius 2 is 1.88 bits per heavy atom. The first-order chi connectivity index (χ1) is 20.1. The summed E-state index contributed by atoms with van der Waals surface area (Å²) in [6.07, 6.45) is 6.22. The van der Waals surface area contributed by atoms with E-state index in [1.165, 1.54) is 12.7 Å². The second-order valence-electron chi connectivity index (χ2n) is 10.1. The van der Waals surface area contributed by atoms with Crippen molar-refractivity contribution in [2.75, 3.05) is 46.6 Å². The lowest BCUT2D eigenvalue weighted by atomic mass is 10.0. The van der Waals surface area contributed by atoms with Crippen molar-refractivity contribution in [3.8, 4) is 22.9 Å². The van der Waals surface area contributed by atoms with Crippen LogP contribution in [-0.2, 0) is 14.2 Å². The fourth-order valence-corrected chi connectivity index (χ4v) is 5.07. The molecule has 2 saturated heterocycles. The SMILES string of the molecule is COCCOc1ccc2c(-c3c(O)[nH]c4ccc(C(=O)NCC5CCCO5)cc34)ncnc2c1.NCC1CCCO1. The summed E-state index contributed by atoms with van der Waals surface area (Å²) in [5.41, 5.74) is 8.27. The first-order valence-corrected chi connectivity index (χ1v) is 14.0. The molecule has 0 radical (unpaired) electrons. The van der Waals surface area contributed by atoms with Crippen molar-refractivity contribution in [3.63, 3.8) is 0 Å². The highest BCUT2D eigenvalue weighted by molar-refractivity contribution is 6.07. The van der Waals surface area contributed by atoms with Gasteiger partial charge < -0.3 is 40.1 Å². The summed E-state index contributed by atoms with van der Waals surface area (Å²) < 4.78 is 21.5. The number of methoxy groups -OCH3 is 1. The summed E-state index contributed by atoms with van der Waals surface area (Å²) >= 11 is 0. The molecule has 4 aromatic rings. The van der Waals surface area contributed by atoms with E-state index in [-0.39, 0.29) is 17.9 Å². The molecule has 5 N–H and O–H groups in total. The lowest BCUT2D eigenvalue weighted by Gasteiger charge is -2.11. The standard InChI is InChI=1S/C25H26N4O5.C5H11NO/c1-32-9-10-34-16-5-6-18-21(12-16)27-14-28-23(18)22-19-11-15(4-7-20(19)29-25(22)31)24(30)26-13-17-3-2-8-33-17;6-4-5-2-1-3-7-5/h4-7,11-12,14,17,29,31H,2-3,8-10,13H2,1H3,(H,26,30);5H,1-4,6H2. The number of hydrogen-bond acceptors (Lipinski definition) is 9. The number of nitrogens with two attached hydrogens (primary N) is 1. The molecule has 11 heteroatoms. The van der Waals surface area contributed by atoms with Gasteiger partial charge in [-0.15, -0.1) is 0 Å². The molecule has 4 heterocycles. The van der Waals surface area contributed by atoms with Gasteiger partial charge in [-0.2, -0.15) is 0 Å². The molecule has 1 amide bonds. The van der Waals surface area contributed by atoms with Gasteiger partial charge in [0, 0.05) is 61.3 Å². The van der Waals surface area contributed by atoms with Gasteiger partial charge in [0.05, 0.1) is 35.6 Å². The molecule has 0 aliphatic carbocycles. The largest absolute Gasteiger partial charge is 0.494 e. The van der Waals surface area contributed by atoms with Crippen LogP contribution in [0.15, 0.2) is 42.7 Å². The third-order valence-corrected chi connectivity index (χ3v) is 7.24. The molecule has 218 valence electrons. The van der Waals surface area contributed by atoms with Crippen molar-refractivity contribution in [2.45, 2.75) is 37.9 Å². The van der Waals surface area contributed by atoms with E-state index in [0.29, 0.717) is 71.4 Å². The van der Waals surface area contributed by atoms with Gasteiger partial charge in [0.25, 0.3) is 5.91 Å². The summed E-state index contributed by atoms with van der Waals surface area (Å²) in [6, 6.07) is 10.8. The van der Waals surface area contributed by atoms with Crippen molar-refractivity contribution in [1.82, 2.24) is 20.3 Å². The Morgan fingerprint density at radius 1 is 1.07 bits per heavy atom. The Hall–Kier alpha value is -3.77. The number of amides is 1. The quantitative estimate of drug-likeness (QED) is 0.224. The molecule has 0 saturated carbocycles. The Balaban J connectivity index is 0.000000423. The predicted octanol–water partition coefficient (Wildman–Crippen LogP) is 3.54. The maximum atomic E-state index is 12.8. The summed E-state index contributed by atoms with van der Waals surface area (Å²) in [4.78, 5) is 24.6. The molecule has 2 aliphatic heterocycles. The van der Waals surface area contributed by atoms with Crippen LogP contribution in [0, 0.1) is 0 Å². The number of ether oxygens (including phenoxy) is 4. The average Bonchev–Trinajstić information content (AvgIpc) is 3.77. The van der Waals surface area contributed by atoms with E-state index >= 15 is 0 Å². The minimum absolute atomic E-state index is 0.0210. The number of rotatable bonds is 9. The van der Waals surface area contributed by atoms with Gasteiger partial charge in [-0.1, -0.05) is 0 Å². The number of aromatic hydroxyl groups is 1. The van der Waals surface area contributed by atoms with E-state index in [2.05, 4.69) is 20.3 Å². The number of nitrogens with one attached hydrogen (secondary N) is 2. The number of fused-ring (bicyclic) bond motifs is 2. The Labute approximate surface area is 238 Å². The molecular weight excluding hydrogens is 526 g/mol. The molecule has 41 heavy (non-hydrogen) atoms. The molecule has 2 fully saturated rings. The number of carbonyl (C=O) groups is 1. The van der Waals surface area contributed by atoms with Gasteiger partial charge in [0.2, 0.25) is 0 Å². The van der Waals surface area contributed by atoms with E-state index in [0.717, 1.165) is 37.9 Å². The highest BCUT2D eigenvalue weighted by Crippen LogP contribution is 2.39. The van der Waals surface area contributed by atoms with Crippen molar-refractivity contribution in [3.05, 3.63) is 48.3 Å².